The van der Waals surface area contributed by atoms with Gasteiger partial charge in [-0.3, -0.25) is 9.69 Å². The quantitative estimate of drug-likeness (QED) is 0.300. The number of likely N-dealkylation sites (tertiary alicyclic amines) is 1. The minimum Gasteiger partial charge on any atom is -0.508 e. The highest BCUT2D eigenvalue weighted by Crippen LogP contribution is 2.41. The van der Waals surface area contributed by atoms with Crippen molar-refractivity contribution in [2.24, 2.45) is 0 Å². The first kappa shape index (κ1) is 25.4. The number of rotatable bonds is 6. The third-order valence-corrected chi connectivity index (χ3v) is 6.57. The van der Waals surface area contributed by atoms with E-state index in [4.69, 9.17) is 9.47 Å². The fraction of sp³-hybridized carbons (Fsp3) is 0.417. The molecule has 3 rings (SSSR count). The first-order chi connectivity index (χ1) is 15.7. The van der Waals surface area contributed by atoms with E-state index >= 15 is 0 Å². The molecule has 0 atom stereocenters. The van der Waals surface area contributed by atoms with Crippen molar-refractivity contribution in [1.82, 2.24) is 4.90 Å². The van der Waals surface area contributed by atoms with Gasteiger partial charge in [0.1, 0.15) is 11.5 Å². The second kappa shape index (κ2) is 11.2. The van der Waals surface area contributed by atoms with Crippen molar-refractivity contribution in [2.75, 3.05) is 24.7 Å². The fourth-order valence-corrected chi connectivity index (χ4v) is 4.95. The van der Waals surface area contributed by atoms with Gasteiger partial charge in [0.25, 0.3) is 0 Å². The van der Waals surface area contributed by atoms with Gasteiger partial charge in [0.05, 0.1) is 14.6 Å². The standard InChI is InChI=1S/C24H28Br2N2O5/c1-15(2)19-13-18(7-8-22(19)30)33-23-20(25)11-17(12-21(23)26)28(14-32-16(3)29)24(31)27-9-5-4-6-10-27/h7-8,11-13,15,30H,4-6,9-10,14H2,1-3H3. The second-order valence-corrected chi connectivity index (χ2v) is 9.95. The smallest absolute Gasteiger partial charge is 0.327 e. The lowest BCUT2D eigenvalue weighted by Crippen LogP contribution is -2.46. The van der Waals surface area contributed by atoms with Gasteiger partial charge < -0.3 is 19.5 Å². The molecule has 2 aromatic carbocycles. The van der Waals surface area contributed by atoms with E-state index in [-0.39, 0.29) is 24.4 Å². The zero-order chi connectivity index (χ0) is 24.1. The summed E-state index contributed by atoms with van der Waals surface area (Å²) in [5.74, 6) is 1.00. The van der Waals surface area contributed by atoms with Crippen LogP contribution in [0, 0.1) is 0 Å². The monoisotopic (exact) mass is 582 g/mol. The number of amides is 2. The Morgan fingerprint density at radius 2 is 1.73 bits per heavy atom. The minimum absolute atomic E-state index is 0.137. The lowest BCUT2D eigenvalue weighted by atomic mass is 10.0. The van der Waals surface area contributed by atoms with Crippen molar-refractivity contribution in [1.29, 1.82) is 0 Å². The molecule has 1 aliphatic heterocycles. The van der Waals surface area contributed by atoms with Crippen LogP contribution in [-0.2, 0) is 9.53 Å². The van der Waals surface area contributed by atoms with Crippen LogP contribution in [0.15, 0.2) is 39.3 Å². The molecule has 2 aromatic rings. The molecule has 1 aliphatic rings. The number of ether oxygens (including phenoxy) is 2. The molecule has 0 saturated carbocycles. The van der Waals surface area contributed by atoms with E-state index in [2.05, 4.69) is 31.9 Å². The van der Waals surface area contributed by atoms with Crippen LogP contribution in [0.1, 0.15) is 51.5 Å². The van der Waals surface area contributed by atoms with E-state index in [1.54, 1.807) is 35.2 Å². The number of anilines is 1. The zero-order valence-corrected chi connectivity index (χ0v) is 22.1. The van der Waals surface area contributed by atoms with Crippen LogP contribution in [0.4, 0.5) is 10.5 Å². The molecule has 0 spiro atoms. The predicted molar refractivity (Wildman–Crippen MR) is 134 cm³/mol. The number of hydrogen-bond donors (Lipinski definition) is 1. The van der Waals surface area contributed by atoms with Gasteiger partial charge in [0, 0.05) is 25.6 Å². The number of benzene rings is 2. The average Bonchev–Trinajstić information content (AvgIpc) is 2.77. The fourth-order valence-electron chi connectivity index (χ4n) is 3.63. The summed E-state index contributed by atoms with van der Waals surface area (Å²) in [6, 6.07) is 8.42. The van der Waals surface area contributed by atoms with Gasteiger partial charge in [0.15, 0.2) is 12.5 Å². The Balaban J connectivity index is 1.90. The molecule has 0 radical (unpaired) electrons. The molecule has 33 heavy (non-hydrogen) atoms. The number of halogens is 2. The van der Waals surface area contributed by atoms with Gasteiger partial charge in [-0.25, -0.2) is 4.79 Å². The predicted octanol–water partition coefficient (Wildman–Crippen LogP) is 6.77. The lowest BCUT2D eigenvalue weighted by Gasteiger charge is -2.33. The van der Waals surface area contributed by atoms with Crippen LogP contribution in [0.5, 0.6) is 17.2 Å². The van der Waals surface area contributed by atoms with E-state index in [1.807, 2.05) is 13.8 Å². The van der Waals surface area contributed by atoms with E-state index in [0.29, 0.717) is 39.2 Å². The normalized spacial score (nSPS) is 13.7. The Labute approximate surface area is 210 Å². The number of carbonyl (C=O) groups excluding carboxylic acids is 2. The number of hydrogen-bond acceptors (Lipinski definition) is 5. The molecule has 0 unspecified atom stereocenters. The van der Waals surface area contributed by atoms with Crippen molar-refractivity contribution in [3.63, 3.8) is 0 Å². The number of piperidine rings is 1. The van der Waals surface area contributed by atoms with Gasteiger partial charge in [-0.05, 0) is 87.4 Å². The zero-order valence-electron chi connectivity index (χ0n) is 18.9. The first-order valence-electron chi connectivity index (χ1n) is 10.9. The third-order valence-electron chi connectivity index (χ3n) is 5.39. The Kier molecular flexibility index (Phi) is 8.64. The molecular formula is C24H28Br2N2O5. The molecule has 0 bridgehead atoms. The second-order valence-electron chi connectivity index (χ2n) is 8.24. The Morgan fingerprint density at radius 1 is 1.09 bits per heavy atom. The number of nitrogens with zero attached hydrogens (tertiary/aromatic N) is 2. The van der Waals surface area contributed by atoms with Crippen molar-refractivity contribution in [2.45, 2.75) is 46.0 Å². The molecule has 1 fully saturated rings. The molecule has 0 aromatic heterocycles. The topological polar surface area (TPSA) is 79.3 Å². The molecule has 178 valence electrons. The molecule has 2 amide bonds. The summed E-state index contributed by atoms with van der Waals surface area (Å²) in [4.78, 5) is 27.9. The summed E-state index contributed by atoms with van der Waals surface area (Å²) in [6.07, 6.45) is 3.02. The SMILES string of the molecule is CC(=O)OCN(C(=O)N1CCCCC1)c1cc(Br)c(Oc2ccc(O)c(C(C)C)c2)c(Br)c1. The average molecular weight is 584 g/mol. The maximum absolute atomic E-state index is 13.2. The molecule has 1 heterocycles. The van der Waals surface area contributed by atoms with Gasteiger partial charge in [-0.2, -0.15) is 0 Å². The summed E-state index contributed by atoms with van der Waals surface area (Å²) < 4.78 is 12.5. The highest BCUT2D eigenvalue weighted by Gasteiger charge is 2.26. The van der Waals surface area contributed by atoms with Crippen LogP contribution in [0.2, 0.25) is 0 Å². The number of esters is 1. The van der Waals surface area contributed by atoms with Crippen LogP contribution in [0.25, 0.3) is 0 Å². The van der Waals surface area contributed by atoms with Crippen molar-refractivity contribution < 1.29 is 24.2 Å². The molecule has 1 N–H and O–H groups in total. The van der Waals surface area contributed by atoms with Crippen molar-refractivity contribution >= 4 is 49.5 Å². The maximum atomic E-state index is 13.2. The minimum atomic E-state index is -0.460. The van der Waals surface area contributed by atoms with E-state index in [1.165, 1.54) is 11.8 Å². The van der Waals surface area contributed by atoms with Crippen LogP contribution < -0.4 is 9.64 Å². The number of phenolic OH excluding ortho intramolecular Hbond substituents is 1. The highest BCUT2D eigenvalue weighted by molar-refractivity contribution is 9.11. The van der Waals surface area contributed by atoms with Crippen molar-refractivity contribution in [3.8, 4) is 17.2 Å². The van der Waals surface area contributed by atoms with Gasteiger partial charge in [-0.1, -0.05) is 13.8 Å². The molecule has 0 aliphatic carbocycles. The van der Waals surface area contributed by atoms with Crippen LogP contribution in [0.3, 0.4) is 0 Å². The summed E-state index contributed by atoms with van der Waals surface area (Å²) >= 11 is 7.09. The molecule has 1 saturated heterocycles. The Morgan fingerprint density at radius 3 is 2.30 bits per heavy atom. The van der Waals surface area contributed by atoms with Crippen LogP contribution in [-0.4, -0.2) is 41.8 Å². The van der Waals surface area contributed by atoms with E-state index in [0.717, 1.165) is 24.8 Å². The first-order valence-corrected chi connectivity index (χ1v) is 12.5. The molecule has 9 heteroatoms. The maximum Gasteiger partial charge on any atom is 0.327 e. The van der Waals surface area contributed by atoms with Crippen LogP contribution >= 0.6 is 31.9 Å². The Bertz CT molecular complexity index is 999. The summed E-state index contributed by atoms with van der Waals surface area (Å²) in [7, 11) is 0. The third kappa shape index (κ3) is 6.41. The van der Waals surface area contributed by atoms with Gasteiger partial charge in [-0.15, -0.1) is 0 Å². The van der Waals surface area contributed by atoms with E-state index in [9.17, 15) is 14.7 Å². The highest BCUT2D eigenvalue weighted by atomic mass is 79.9. The lowest BCUT2D eigenvalue weighted by molar-refractivity contribution is -0.140. The number of phenols is 1. The van der Waals surface area contributed by atoms with Gasteiger partial charge >= 0.3 is 12.0 Å². The summed E-state index contributed by atoms with van der Waals surface area (Å²) in [5, 5.41) is 10.1. The molecule has 7 nitrogen and oxygen atoms in total. The van der Waals surface area contributed by atoms with E-state index < -0.39 is 5.97 Å². The number of carbonyl (C=O) groups is 2. The number of urea groups is 1. The molecular weight excluding hydrogens is 556 g/mol. The summed E-state index contributed by atoms with van der Waals surface area (Å²) in [6.45, 7) is 6.48. The van der Waals surface area contributed by atoms with Crippen molar-refractivity contribution in [3.05, 3.63) is 44.8 Å². The number of aromatic hydroxyl groups is 1. The summed E-state index contributed by atoms with van der Waals surface area (Å²) in [5.41, 5.74) is 1.35. The largest absolute Gasteiger partial charge is 0.508 e. The Hall–Kier alpha value is -2.26. The van der Waals surface area contributed by atoms with Gasteiger partial charge in [0.2, 0.25) is 0 Å².